The second kappa shape index (κ2) is 6.01. The summed E-state index contributed by atoms with van der Waals surface area (Å²) in [6, 6.07) is 13.6. The molecule has 4 rings (SSSR count). The molecule has 0 aliphatic heterocycles. The van der Waals surface area contributed by atoms with Gasteiger partial charge in [0.2, 0.25) is 5.82 Å². The van der Waals surface area contributed by atoms with Crippen molar-refractivity contribution >= 4 is 11.0 Å². The van der Waals surface area contributed by atoms with Gasteiger partial charge in [-0.05, 0) is 44.2 Å². The first-order valence-corrected chi connectivity index (χ1v) is 8.00. The van der Waals surface area contributed by atoms with Crippen LogP contribution >= 0.6 is 0 Å². The van der Waals surface area contributed by atoms with Crippen molar-refractivity contribution in [2.24, 2.45) is 0 Å². The average molecular weight is 335 g/mol. The molecule has 0 atom stereocenters. The van der Waals surface area contributed by atoms with Crippen LogP contribution in [0, 0.1) is 0 Å². The van der Waals surface area contributed by atoms with Gasteiger partial charge in [-0.1, -0.05) is 22.5 Å². The van der Waals surface area contributed by atoms with Crippen LogP contribution in [0.15, 0.2) is 47.0 Å². The van der Waals surface area contributed by atoms with Gasteiger partial charge in [-0.3, -0.25) is 0 Å². The number of hydrogen-bond donors (Lipinski definition) is 0. The summed E-state index contributed by atoms with van der Waals surface area (Å²) in [7, 11) is 1.62. The molecule has 2 aromatic heterocycles. The topological polar surface area (TPSA) is 78.9 Å². The zero-order valence-electron chi connectivity index (χ0n) is 14.2. The highest BCUT2D eigenvalue weighted by Gasteiger charge is 2.16. The molecule has 2 heterocycles. The van der Waals surface area contributed by atoms with Gasteiger partial charge in [0.25, 0.3) is 5.89 Å². The molecule has 126 valence electrons. The van der Waals surface area contributed by atoms with E-state index in [1.165, 1.54) is 0 Å². The van der Waals surface area contributed by atoms with Crippen LogP contribution in [0.3, 0.4) is 0 Å². The molecule has 0 amide bonds. The van der Waals surface area contributed by atoms with Crippen LogP contribution in [-0.2, 0) is 0 Å². The fraction of sp³-hybridized carbons (Fsp3) is 0.222. The first-order valence-electron chi connectivity index (χ1n) is 8.00. The molecule has 0 unspecified atom stereocenters. The van der Waals surface area contributed by atoms with E-state index in [4.69, 9.17) is 9.26 Å². The van der Waals surface area contributed by atoms with Crippen molar-refractivity contribution in [1.82, 2.24) is 25.1 Å². The monoisotopic (exact) mass is 335 g/mol. The van der Waals surface area contributed by atoms with Gasteiger partial charge in [-0.15, -0.1) is 5.10 Å². The van der Waals surface area contributed by atoms with Crippen molar-refractivity contribution in [2.75, 3.05) is 7.11 Å². The van der Waals surface area contributed by atoms with Gasteiger partial charge in [0, 0.05) is 11.6 Å². The Morgan fingerprint density at radius 3 is 2.76 bits per heavy atom. The van der Waals surface area contributed by atoms with Crippen LogP contribution in [0.25, 0.3) is 33.9 Å². The predicted molar refractivity (Wildman–Crippen MR) is 93.2 cm³/mol. The molecular weight excluding hydrogens is 318 g/mol. The second-order valence-electron chi connectivity index (χ2n) is 5.95. The van der Waals surface area contributed by atoms with Crippen molar-refractivity contribution in [3.8, 4) is 28.6 Å². The van der Waals surface area contributed by atoms with Gasteiger partial charge in [-0.25, -0.2) is 4.68 Å². The number of ether oxygens (including phenoxy) is 1. The van der Waals surface area contributed by atoms with Crippen LogP contribution < -0.4 is 4.74 Å². The Bertz CT molecular complexity index is 1030. The molecule has 0 N–H and O–H groups in total. The molecule has 0 radical (unpaired) electrons. The van der Waals surface area contributed by atoms with Crippen LogP contribution in [-0.4, -0.2) is 32.2 Å². The first-order chi connectivity index (χ1) is 12.2. The molecular formula is C18H17N5O2. The summed E-state index contributed by atoms with van der Waals surface area (Å²) in [5.41, 5.74) is 3.39. The van der Waals surface area contributed by atoms with Gasteiger partial charge < -0.3 is 9.26 Å². The normalized spacial score (nSPS) is 11.4. The highest BCUT2D eigenvalue weighted by molar-refractivity contribution is 5.80. The fourth-order valence-corrected chi connectivity index (χ4v) is 2.73. The number of hydrogen-bond acceptors (Lipinski definition) is 6. The third-order valence-corrected chi connectivity index (χ3v) is 3.98. The summed E-state index contributed by atoms with van der Waals surface area (Å²) < 4.78 is 12.7. The Morgan fingerprint density at radius 1 is 1.12 bits per heavy atom. The summed E-state index contributed by atoms with van der Waals surface area (Å²) in [5, 5.41) is 12.5. The fourth-order valence-electron chi connectivity index (χ4n) is 2.73. The van der Waals surface area contributed by atoms with Crippen molar-refractivity contribution in [3.05, 3.63) is 42.5 Å². The van der Waals surface area contributed by atoms with Gasteiger partial charge >= 0.3 is 0 Å². The van der Waals surface area contributed by atoms with Gasteiger partial charge in [0.1, 0.15) is 11.3 Å². The molecule has 0 spiro atoms. The molecule has 0 saturated carbocycles. The smallest absolute Gasteiger partial charge is 0.262 e. The number of rotatable bonds is 4. The summed E-state index contributed by atoms with van der Waals surface area (Å²) in [6.45, 7) is 4.13. The number of fused-ring (bicyclic) bond motifs is 1. The van der Waals surface area contributed by atoms with E-state index in [-0.39, 0.29) is 6.04 Å². The highest BCUT2D eigenvalue weighted by Crippen LogP contribution is 2.30. The third kappa shape index (κ3) is 2.63. The Hall–Kier alpha value is -3.22. The second-order valence-corrected chi connectivity index (χ2v) is 5.95. The minimum atomic E-state index is 0.217. The van der Waals surface area contributed by atoms with Crippen molar-refractivity contribution in [3.63, 3.8) is 0 Å². The van der Waals surface area contributed by atoms with Crippen molar-refractivity contribution in [2.45, 2.75) is 19.9 Å². The van der Waals surface area contributed by atoms with E-state index in [1.807, 2.05) is 47.1 Å². The van der Waals surface area contributed by atoms with Gasteiger partial charge in [0.05, 0.1) is 18.2 Å². The number of nitrogens with zero attached hydrogens (tertiary/aromatic N) is 5. The van der Waals surface area contributed by atoms with E-state index < -0.39 is 0 Å². The number of aromatic nitrogens is 5. The standard InChI is InChI=1S/C18H17N5O2/c1-11(2)23-15-10-12(8-9-14(15)20-22-23)17-19-18(25-21-17)13-6-4-5-7-16(13)24-3/h4-11H,1-3H3. The minimum Gasteiger partial charge on any atom is -0.496 e. The maximum atomic E-state index is 5.44. The Labute approximate surface area is 144 Å². The quantitative estimate of drug-likeness (QED) is 0.565. The van der Waals surface area contributed by atoms with Crippen LogP contribution in [0.5, 0.6) is 5.75 Å². The SMILES string of the molecule is COc1ccccc1-c1nc(-c2ccc3nnn(C(C)C)c3c2)no1. The van der Waals surface area contributed by atoms with Gasteiger partial charge in [0.15, 0.2) is 0 Å². The molecule has 2 aromatic carbocycles. The van der Waals surface area contributed by atoms with E-state index in [0.717, 1.165) is 22.2 Å². The lowest BCUT2D eigenvalue weighted by Crippen LogP contribution is -2.02. The Balaban J connectivity index is 1.77. The zero-order chi connectivity index (χ0) is 17.4. The minimum absolute atomic E-state index is 0.217. The molecule has 0 aliphatic carbocycles. The lowest BCUT2D eigenvalue weighted by Gasteiger charge is -2.05. The molecule has 0 aliphatic rings. The number of benzene rings is 2. The van der Waals surface area contributed by atoms with E-state index in [1.54, 1.807) is 7.11 Å². The molecule has 4 aromatic rings. The molecule has 25 heavy (non-hydrogen) atoms. The van der Waals surface area contributed by atoms with E-state index in [0.29, 0.717) is 17.5 Å². The molecule has 0 saturated heterocycles. The summed E-state index contributed by atoms with van der Waals surface area (Å²) in [6.07, 6.45) is 0. The number of para-hydroxylation sites is 1. The van der Waals surface area contributed by atoms with E-state index >= 15 is 0 Å². The van der Waals surface area contributed by atoms with Crippen molar-refractivity contribution < 1.29 is 9.26 Å². The summed E-state index contributed by atoms with van der Waals surface area (Å²) in [4.78, 5) is 4.52. The van der Waals surface area contributed by atoms with Crippen LogP contribution in [0.4, 0.5) is 0 Å². The molecule has 7 nitrogen and oxygen atoms in total. The predicted octanol–water partition coefficient (Wildman–Crippen LogP) is 3.74. The maximum absolute atomic E-state index is 5.44. The lowest BCUT2D eigenvalue weighted by atomic mass is 10.1. The Kier molecular flexibility index (Phi) is 3.68. The molecule has 0 fully saturated rings. The average Bonchev–Trinajstić information content (AvgIpc) is 3.28. The highest BCUT2D eigenvalue weighted by atomic mass is 16.5. The van der Waals surface area contributed by atoms with E-state index in [2.05, 4.69) is 34.3 Å². The lowest BCUT2D eigenvalue weighted by molar-refractivity contribution is 0.405. The van der Waals surface area contributed by atoms with Crippen LogP contribution in [0.1, 0.15) is 19.9 Å². The zero-order valence-corrected chi connectivity index (χ0v) is 14.2. The summed E-state index contributed by atoms with van der Waals surface area (Å²) in [5.74, 6) is 1.62. The first kappa shape index (κ1) is 15.3. The molecule has 7 heteroatoms. The van der Waals surface area contributed by atoms with E-state index in [9.17, 15) is 0 Å². The Morgan fingerprint density at radius 2 is 1.96 bits per heavy atom. The molecule has 0 bridgehead atoms. The summed E-state index contributed by atoms with van der Waals surface area (Å²) >= 11 is 0. The number of methoxy groups -OCH3 is 1. The van der Waals surface area contributed by atoms with Gasteiger partial charge in [-0.2, -0.15) is 4.98 Å². The van der Waals surface area contributed by atoms with Crippen LogP contribution in [0.2, 0.25) is 0 Å². The maximum Gasteiger partial charge on any atom is 0.262 e. The third-order valence-electron chi connectivity index (χ3n) is 3.98. The van der Waals surface area contributed by atoms with Crippen molar-refractivity contribution in [1.29, 1.82) is 0 Å². The largest absolute Gasteiger partial charge is 0.496 e.